The number of benzene rings is 1. The van der Waals surface area contributed by atoms with Gasteiger partial charge in [-0.2, -0.15) is 0 Å². The average Bonchev–Trinajstić information content (AvgIpc) is 2.99. The lowest BCUT2D eigenvalue weighted by Gasteiger charge is -2.33. The zero-order chi connectivity index (χ0) is 17.9. The SMILES string of the molecule is CCC1(C(=O)N2CCCN(C(=O)c3ccccc3F)CC2)CCCC1. The first-order valence-corrected chi connectivity index (χ1v) is 9.40. The summed E-state index contributed by atoms with van der Waals surface area (Å²) in [6.07, 6.45) is 5.86. The molecule has 1 heterocycles. The van der Waals surface area contributed by atoms with Crippen LogP contribution in [0.4, 0.5) is 4.39 Å². The first-order valence-electron chi connectivity index (χ1n) is 9.40. The van der Waals surface area contributed by atoms with Crippen molar-refractivity contribution in [3.8, 4) is 0 Å². The predicted octanol–water partition coefficient (Wildman–Crippen LogP) is 3.47. The second-order valence-electron chi connectivity index (χ2n) is 7.26. The van der Waals surface area contributed by atoms with Crippen LogP contribution < -0.4 is 0 Å². The second-order valence-corrected chi connectivity index (χ2v) is 7.26. The number of amides is 2. The van der Waals surface area contributed by atoms with Gasteiger partial charge in [-0.15, -0.1) is 0 Å². The fourth-order valence-corrected chi connectivity index (χ4v) is 4.23. The van der Waals surface area contributed by atoms with Crippen LogP contribution in [0.5, 0.6) is 0 Å². The molecule has 1 saturated heterocycles. The van der Waals surface area contributed by atoms with Crippen LogP contribution in [0.2, 0.25) is 0 Å². The molecule has 1 aromatic rings. The first kappa shape index (κ1) is 17.9. The fourth-order valence-electron chi connectivity index (χ4n) is 4.23. The van der Waals surface area contributed by atoms with E-state index in [1.807, 2.05) is 4.90 Å². The van der Waals surface area contributed by atoms with E-state index in [0.717, 1.165) is 38.5 Å². The molecule has 0 spiro atoms. The number of hydrogen-bond acceptors (Lipinski definition) is 2. The van der Waals surface area contributed by atoms with Gasteiger partial charge in [-0.3, -0.25) is 9.59 Å². The van der Waals surface area contributed by atoms with Crippen molar-refractivity contribution in [1.29, 1.82) is 0 Å². The largest absolute Gasteiger partial charge is 0.340 e. The minimum absolute atomic E-state index is 0.114. The van der Waals surface area contributed by atoms with Crippen LogP contribution >= 0.6 is 0 Å². The highest BCUT2D eigenvalue weighted by Crippen LogP contribution is 2.42. The van der Waals surface area contributed by atoms with Crippen LogP contribution in [0, 0.1) is 11.2 Å². The summed E-state index contributed by atoms with van der Waals surface area (Å²) in [6, 6.07) is 6.10. The molecule has 3 rings (SSSR count). The molecule has 0 bridgehead atoms. The highest BCUT2D eigenvalue weighted by Gasteiger charge is 2.42. The Kier molecular flexibility index (Phi) is 5.40. The molecule has 0 atom stereocenters. The predicted molar refractivity (Wildman–Crippen MR) is 94.7 cm³/mol. The van der Waals surface area contributed by atoms with Gasteiger partial charge in [-0.25, -0.2) is 4.39 Å². The molecule has 1 aliphatic carbocycles. The monoisotopic (exact) mass is 346 g/mol. The minimum Gasteiger partial charge on any atom is -0.340 e. The Balaban J connectivity index is 1.67. The summed E-state index contributed by atoms with van der Waals surface area (Å²) < 4.78 is 13.9. The molecule has 2 aliphatic rings. The molecule has 2 amide bonds. The van der Waals surface area contributed by atoms with E-state index in [0.29, 0.717) is 26.2 Å². The molecule has 0 N–H and O–H groups in total. The molecule has 1 aromatic carbocycles. The Hall–Kier alpha value is -1.91. The fraction of sp³-hybridized carbons (Fsp3) is 0.600. The zero-order valence-electron chi connectivity index (χ0n) is 15.0. The minimum atomic E-state index is -0.486. The van der Waals surface area contributed by atoms with Crippen molar-refractivity contribution in [1.82, 2.24) is 9.80 Å². The Morgan fingerprint density at radius 3 is 2.32 bits per heavy atom. The van der Waals surface area contributed by atoms with Crippen molar-refractivity contribution in [3.63, 3.8) is 0 Å². The Bertz CT molecular complexity index is 640. The van der Waals surface area contributed by atoms with Crippen molar-refractivity contribution >= 4 is 11.8 Å². The van der Waals surface area contributed by atoms with Crippen molar-refractivity contribution in [3.05, 3.63) is 35.6 Å². The van der Waals surface area contributed by atoms with Crippen LogP contribution in [-0.4, -0.2) is 47.8 Å². The summed E-state index contributed by atoms with van der Waals surface area (Å²) in [5, 5.41) is 0. The Labute approximate surface area is 149 Å². The molecule has 5 heteroatoms. The number of rotatable bonds is 3. The summed E-state index contributed by atoms with van der Waals surface area (Å²) in [7, 11) is 0. The summed E-state index contributed by atoms with van der Waals surface area (Å²) in [4.78, 5) is 29.3. The van der Waals surface area contributed by atoms with E-state index in [-0.39, 0.29) is 22.8 Å². The van der Waals surface area contributed by atoms with Crippen molar-refractivity contribution in [2.24, 2.45) is 5.41 Å². The molecular formula is C20H27FN2O2. The lowest BCUT2D eigenvalue weighted by Crippen LogP contribution is -2.44. The molecule has 0 aromatic heterocycles. The summed E-state index contributed by atoms with van der Waals surface area (Å²) in [5.74, 6) is -0.508. The lowest BCUT2D eigenvalue weighted by atomic mass is 9.82. The van der Waals surface area contributed by atoms with Gasteiger partial charge < -0.3 is 9.80 Å². The van der Waals surface area contributed by atoms with Crippen molar-refractivity contribution < 1.29 is 14.0 Å². The highest BCUT2D eigenvalue weighted by molar-refractivity contribution is 5.94. The number of halogens is 1. The van der Waals surface area contributed by atoms with Gasteiger partial charge in [0.1, 0.15) is 5.82 Å². The van der Waals surface area contributed by atoms with Crippen LogP contribution in [0.1, 0.15) is 55.8 Å². The number of carbonyl (C=O) groups is 2. The van der Waals surface area contributed by atoms with Crippen molar-refractivity contribution in [2.75, 3.05) is 26.2 Å². The van der Waals surface area contributed by atoms with E-state index in [1.165, 1.54) is 12.1 Å². The van der Waals surface area contributed by atoms with Crippen LogP contribution in [-0.2, 0) is 4.79 Å². The van der Waals surface area contributed by atoms with E-state index < -0.39 is 5.82 Å². The summed E-state index contributed by atoms with van der Waals surface area (Å²) >= 11 is 0. The third-order valence-corrected chi connectivity index (χ3v) is 5.87. The van der Waals surface area contributed by atoms with Crippen LogP contribution in [0.25, 0.3) is 0 Å². The van der Waals surface area contributed by atoms with Gasteiger partial charge in [0.15, 0.2) is 0 Å². The van der Waals surface area contributed by atoms with E-state index in [4.69, 9.17) is 0 Å². The first-order chi connectivity index (χ1) is 12.1. The molecule has 136 valence electrons. The Morgan fingerprint density at radius 2 is 1.64 bits per heavy atom. The number of carbonyl (C=O) groups excluding carboxylic acids is 2. The third-order valence-electron chi connectivity index (χ3n) is 5.87. The smallest absolute Gasteiger partial charge is 0.256 e. The van der Waals surface area contributed by atoms with E-state index in [1.54, 1.807) is 17.0 Å². The quantitative estimate of drug-likeness (QED) is 0.841. The molecule has 0 unspecified atom stereocenters. The molecule has 2 fully saturated rings. The average molecular weight is 346 g/mol. The summed E-state index contributed by atoms with van der Waals surface area (Å²) in [5.41, 5.74) is -0.0758. The summed E-state index contributed by atoms with van der Waals surface area (Å²) in [6.45, 7) is 4.37. The number of hydrogen-bond donors (Lipinski definition) is 0. The molecular weight excluding hydrogens is 319 g/mol. The maximum Gasteiger partial charge on any atom is 0.256 e. The maximum absolute atomic E-state index is 13.9. The highest BCUT2D eigenvalue weighted by atomic mass is 19.1. The van der Waals surface area contributed by atoms with Crippen LogP contribution in [0.15, 0.2) is 24.3 Å². The van der Waals surface area contributed by atoms with E-state index in [2.05, 4.69) is 6.92 Å². The standard InChI is InChI=1S/C20H27FN2O2/c1-2-20(10-5-6-11-20)19(25)23-13-7-12-22(14-15-23)18(24)16-8-3-4-9-17(16)21/h3-4,8-9H,2,5-7,10-15H2,1H3. The number of nitrogens with zero attached hydrogens (tertiary/aromatic N) is 2. The topological polar surface area (TPSA) is 40.6 Å². The molecule has 25 heavy (non-hydrogen) atoms. The van der Waals surface area contributed by atoms with Gasteiger partial charge in [-0.1, -0.05) is 31.9 Å². The molecule has 1 aliphatic heterocycles. The lowest BCUT2D eigenvalue weighted by molar-refractivity contribution is -0.142. The molecule has 4 nitrogen and oxygen atoms in total. The second kappa shape index (κ2) is 7.54. The van der Waals surface area contributed by atoms with E-state index in [9.17, 15) is 14.0 Å². The normalized spacial score (nSPS) is 20.4. The Morgan fingerprint density at radius 1 is 1.00 bits per heavy atom. The van der Waals surface area contributed by atoms with Gasteiger partial charge in [0.05, 0.1) is 5.56 Å². The van der Waals surface area contributed by atoms with Gasteiger partial charge in [0.25, 0.3) is 5.91 Å². The van der Waals surface area contributed by atoms with Gasteiger partial charge in [0.2, 0.25) is 5.91 Å². The van der Waals surface area contributed by atoms with Gasteiger partial charge in [-0.05, 0) is 37.8 Å². The third kappa shape index (κ3) is 3.55. The van der Waals surface area contributed by atoms with Crippen LogP contribution in [0.3, 0.4) is 0 Å². The zero-order valence-corrected chi connectivity index (χ0v) is 15.0. The molecule has 1 saturated carbocycles. The van der Waals surface area contributed by atoms with Crippen molar-refractivity contribution in [2.45, 2.75) is 45.4 Å². The maximum atomic E-state index is 13.9. The van der Waals surface area contributed by atoms with Gasteiger partial charge >= 0.3 is 0 Å². The van der Waals surface area contributed by atoms with E-state index >= 15 is 0 Å². The van der Waals surface area contributed by atoms with Gasteiger partial charge in [0, 0.05) is 31.6 Å². The molecule has 0 radical (unpaired) electrons.